The molecule has 0 radical (unpaired) electrons. The van der Waals surface area contributed by atoms with Crippen molar-refractivity contribution in [2.45, 2.75) is 45.7 Å². The Morgan fingerprint density at radius 3 is 2.32 bits per heavy atom. The zero-order valence-electron chi connectivity index (χ0n) is 19.8. The third-order valence-corrected chi connectivity index (χ3v) is 6.20. The number of benzene rings is 1. The van der Waals surface area contributed by atoms with Crippen LogP contribution in [0.15, 0.2) is 47.8 Å². The summed E-state index contributed by atoms with van der Waals surface area (Å²) in [5.41, 5.74) is 7.27. The van der Waals surface area contributed by atoms with E-state index in [4.69, 9.17) is 11.1 Å². The molecule has 1 aliphatic carbocycles. The maximum Gasteiger partial charge on any atom is 0.313 e. The van der Waals surface area contributed by atoms with Crippen molar-refractivity contribution in [1.29, 1.82) is 5.41 Å². The van der Waals surface area contributed by atoms with E-state index in [0.717, 1.165) is 18.4 Å². The standard InChI is InChI=1S/C25H32FN5O3/c1-15(2)24(33)30-14-22(18-6-8-20(26)9-7-18)31(13-16(30)3)25(34)23(32)29-21(12-28)10-19(11-27)17-4-5-17/h6-12,15-17,22,27H,4-5,13-14,28H2,1-3H3,(H,29,32)/b19-10+,21-12+,27-11?/t16-,22-/m1/s1. The van der Waals surface area contributed by atoms with E-state index < -0.39 is 23.7 Å². The number of carbonyl (C=O) groups excluding carboxylic acids is 3. The van der Waals surface area contributed by atoms with E-state index in [-0.39, 0.29) is 42.6 Å². The number of rotatable bonds is 6. The maximum atomic E-state index is 13.5. The Morgan fingerprint density at radius 1 is 1.15 bits per heavy atom. The number of nitrogens with two attached hydrogens (primary N) is 1. The van der Waals surface area contributed by atoms with Crippen LogP contribution in [0.1, 0.15) is 45.2 Å². The number of piperazine rings is 1. The van der Waals surface area contributed by atoms with E-state index in [1.54, 1.807) is 23.1 Å². The van der Waals surface area contributed by atoms with E-state index in [9.17, 15) is 18.8 Å². The van der Waals surface area contributed by atoms with Crippen LogP contribution < -0.4 is 11.1 Å². The third kappa shape index (κ3) is 5.70. The summed E-state index contributed by atoms with van der Waals surface area (Å²) in [6.07, 6.45) is 5.98. The minimum Gasteiger partial charge on any atom is -0.403 e. The van der Waals surface area contributed by atoms with Crippen molar-refractivity contribution in [3.8, 4) is 0 Å². The lowest BCUT2D eigenvalue weighted by Gasteiger charge is -2.45. The molecular formula is C25H32FN5O3. The summed E-state index contributed by atoms with van der Waals surface area (Å²) in [5, 5.41) is 10.1. The van der Waals surface area contributed by atoms with Crippen molar-refractivity contribution in [2.75, 3.05) is 13.1 Å². The first kappa shape index (κ1) is 25.1. The maximum absolute atomic E-state index is 13.5. The van der Waals surface area contributed by atoms with Crippen LogP contribution in [0.2, 0.25) is 0 Å². The highest BCUT2D eigenvalue weighted by Gasteiger charge is 2.40. The van der Waals surface area contributed by atoms with Gasteiger partial charge < -0.3 is 26.3 Å². The zero-order valence-corrected chi connectivity index (χ0v) is 19.8. The summed E-state index contributed by atoms with van der Waals surface area (Å²) in [6, 6.07) is 4.80. The van der Waals surface area contributed by atoms with E-state index in [0.29, 0.717) is 5.56 Å². The highest BCUT2D eigenvalue weighted by Crippen LogP contribution is 2.35. The summed E-state index contributed by atoms with van der Waals surface area (Å²) < 4.78 is 13.5. The fourth-order valence-electron chi connectivity index (χ4n) is 4.12. The molecule has 34 heavy (non-hydrogen) atoms. The molecule has 0 aromatic heterocycles. The van der Waals surface area contributed by atoms with E-state index >= 15 is 0 Å². The number of allylic oxidation sites excluding steroid dienone is 2. The van der Waals surface area contributed by atoms with Gasteiger partial charge in [-0.05, 0) is 55.0 Å². The van der Waals surface area contributed by atoms with Gasteiger partial charge in [0.1, 0.15) is 5.82 Å². The second-order valence-electron chi connectivity index (χ2n) is 9.16. The number of halogens is 1. The third-order valence-electron chi connectivity index (χ3n) is 6.20. The first-order valence-corrected chi connectivity index (χ1v) is 11.5. The summed E-state index contributed by atoms with van der Waals surface area (Å²) >= 11 is 0. The molecule has 0 spiro atoms. The fourth-order valence-corrected chi connectivity index (χ4v) is 4.12. The normalized spacial score (nSPS) is 21.4. The van der Waals surface area contributed by atoms with Crippen LogP contribution in [0.3, 0.4) is 0 Å². The summed E-state index contributed by atoms with van der Waals surface area (Å²) in [5.74, 6) is -2.05. The molecule has 9 heteroatoms. The molecular weight excluding hydrogens is 437 g/mol. The molecule has 1 saturated heterocycles. The number of amides is 3. The van der Waals surface area contributed by atoms with Gasteiger partial charge >= 0.3 is 11.8 Å². The average Bonchev–Trinajstić information content (AvgIpc) is 3.66. The topological polar surface area (TPSA) is 120 Å². The van der Waals surface area contributed by atoms with Crippen LogP contribution in [0, 0.1) is 23.1 Å². The fraction of sp³-hybridized carbons (Fsp3) is 0.440. The van der Waals surface area contributed by atoms with Gasteiger partial charge in [0.15, 0.2) is 0 Å². The number of carbonyl (C=O) groups is 3. The quantitative estimate of drug-likeness (QED) is 0.337. The molecule has 1 aromatic carbocycles. The number of hydrogen-bond donors (Lipinski definition) is 3. The SMILES string of the molecule is CC(C)C(=O)N1C[C@H](c2ccc(F)cc2)N(C(=O)C(=O)NC(/C=C(\C=N)C2CC2)=C/N)C[C@H]1C. The molecule has 3 rings (SSSR count). The molecule has 0 bridgehead atoms. The lowest BCUT2D eigenvalue weighted by Crippen LogP contribution is -2.59. The summed E-state index contributed by atoms with van der Waals surface area (Å²) in [4.78, 5) is 42.1. The molecule has 1 saturated carbocycles. The Bertz CT molecular complexity index is 1010. The van der Waals surface area contributed by atoms with Gasteiger partial charge in [-0.2, -0.15) is 0 Å². The summed E-state index contributed by atoms with van der Waals surface area (Å²) in [7, 11) is 0. The number of nitrogens with one attached hydrogen (secondary N) is 2. The van der Waals surface area contributed by atoms with Crippen LogP contribution in [0.4, 0.5) is 4.39 Å². The van der Waals surface area contributed by atoms with Crippen molar-refractivity contribution in [3.05, 3.63) is 59.2 Å². The van der Waals surface area contributed by atoms with Crippen LogP contribution in [0.5, 0.6) is 0 Å². The minimum absolute atomic E-state index is 0.0473. The van der Waals surface area contributed by atoms with Crippen molar-refractivity contribution in [1.82, 2.24) is 15.1 Å². The molecule has 3 amide bonds. The van der Waals surface area contributed by atoms with Gasteiger partial charge in [0, 0.05) is 37.5 Å². The molecule has 4 N–H and O–H groups in total. The monoisotopic (exact) mass is 469 g/mol. The van der Waals surface area contributed by atoms with E-state index in [2.05, 4.69) is 5.32 Å². The van der Waals surface area contributed by atoms with E-state index in [1.165, 1.54) is 29.4 Å². The Balaban J connectivity index is 1.84. The number of nitrogens with zero attached hydrogens (tertiary/aromatic N) is 2. The predicted octanol–water partition coefficient (Wildman–Crippen LogP) is 2.48. The van der Waals surface area contributed by atoms with Crippen molar-refractivity contribution < 1.29 is 18.8 Å². The van der Waals surface area contributed by atoms with E-state index in [1.807, 2.05) is 20.8 Å². The van der Waals surface area contributed by atoms with Gasteiger partial charge in [-0.1, -0.05) is 26.0 Å². The predicted molar refractivity (Wildman–Crippen MR) is 127 cm³/mol. The first-order chi connectivity index (χ1) is 16.2. The van der Waals surface area contributed by atoms with Gasteiger partial charge in [0.2, 0.25) is 5.91 Å². The van der Waals surface area contributed by atoms with Crippen LogP contribution in [-0.2, 0) is 14.4 Å². The van der Waals surface area contributed by atoms with Gasteiger partial charge in [0.05, 0.1) is 11.7 Å². The minimum atomic E-state index is -0.865. The largest absolute Gasteiger partial charge is 0.403 e. The molecule has 2 atom stereocenters. The average molecular weight is 470 g/mol. The van der Waals surface area contributed by atoms with Crippen molar-refractivity contribution in [2.24, 2.45) is 17.6 Å². The molecule has 1 aliphatic heterocycles. The lowest BCUT2D eigenvalue weighted by molar-refractivity contribution is -0.154. The lowest BCUT2D eigenvalue weighted by atomic mass is 9.98. The Hall–Kier alpha value is -3.49. The number of hydrogen-bond acceptors (Lipinski definition) is 5. The van der Waals surface area contributed by atoms with Crippen LogP contribution >= 0.6 is 0 Å². The molecule has 2 aliphatic rings. The second kappa shape index (κ2) is 10.6. The Labute approximate surface area is 199 Å². The second-order valence-corrected chi connectivity index (χ2v) is 9.16. The Morgan fingerprint density at radius 2 is 1.79 bits per heavy atom. The van der Waals surface area contributed by atoms with Gasteiger partial charge in [-0.3, -0.25) is 14.4 Å². The van der Waals surface area contributed by atoms with Crippen LogP contribution in [-0.4, -0.2) is 52.9 Å². The summed E-state index contributed by atoms with van der Waals surface area (Å²) in [6.45, 7) is 5.80. The first-order valence-electron chi connectivity index (χ1n) is 11.5. The molecule has 2 fully saturated rings. The van der Waals surface area contributed by atoms with Gasteiger partial charge in [-0.15, -0.1) is 0 Å². The Kier molecular flexibility index (Phi) is 7.86. The van der Waals surface area contributed by atoms with Crippen molar-refractivity contribution in [3.63, 3.8) is 0 Å². The molecule has 0 unspecified atom stereocenters. The zero-order chi connectivity index (χ0) is 25.0. The van der Waals surface area contributed by atoms with Gasteiger partial charge in [0.25, 0.3) is 0 Å². The molecule has 182 valence electrons. The molecule has 1 heterocycles. The van der Waals surface area contributed by atoms with Crippen molar-refractivity contribution >= 4 is 23.9 Å². The smallest absolute Gasteiger partial charge is 0.313 e. The highest BCUT2D eigenvalue weighted by molar-refractivity contribution is 6.35. The van der Waals surface area contributed by atoms with Crippen LogP contribution in [0.25, 0.3) is 0 Å². The molecule has 1 aromatic rings. The van der Waals surface area contributed by atoms with Gasteiger partial charge in [-0.25, -0.2) is 4.39 Å². The molecule has 8 nitrogen and oxygen atoms in total. The highest BCUT2D eigenvalue weighted by atomic mass is 19.1.